The molecule has 1 fully saturated rings. The van der Waals surface area contributed by atoms with Gasteiger partial charge in [-0.2, -0.15) is 0 Å². The molecule has 1 amide bonds. The number of carbonyl (C=O) groups excluding carboxylic acids is 1. The van der Waals surface area contributed by atoms with Crippen molar-refractivity contribution in [3.8, 4) is 0 Å². The summed E-state index contributed by atoms with van der Waals surface area (Å²) in [5, 5.41) is 6.06. The maximum Gasteiger partial charge on any atom is 0.224 e. The minimum Gasteiger partial charge on any atom is -0.385 e. The van der Waals surface area contributed by atoms with Crippen molar-refractivity contribution in [2.75, 3.05) is 33.9 Å². The Kier molecular flexibility index (Phi) is 5.22. The Bertz CT molecular complexity index is 227. The van der Waals surface area contributed by atoms with Gasteiger partial charge in [-0.1, -0.05) is 6.92 Å². The van der Waals surface area contributed by atoms with Gasteiger partial charge in [0, 0.05) is 32.7 Å². The number of nitrogens with one attached hydrogen (secondary N) is 2. The monoisotopic (exact) mass is 228 g/mol. The number of methoxy groups -OCH3 is 1. The van der Waals surface area contributed by atoms with Gasteiger partial charge < -0.3 is 15.4 Å². The topological polar surface area (TPSA) is 50.4 Å². The van der Waals surface area contributed by atoms with E-state index in [9.17, 15) is 4.79 Å². The van der Waals surface area contributed by atoms with E-state index < -0.39 is 0 Å². The molecule has 1 aliphatic carbocycles. The van der Waals surface area contributed by atoms with Crippen molar-refractivity contribution >= 4 is 5.91 Å². The van der Waals surface area contributed by atoms with Crippen molar-refractivity contribution < 1.29 is 9.53 Å². The molecule has 94 valence electrons. The summed E-state index contributed by atoms with van der Waals surface area (Å²) < 4.78 is 5.09. The largest absolute Gasteiger partial charge is 0.385 e. The van der Waals surface area contributed by atoms with E-state index in [0.717, 1.165) is 26.1 Å². The van der Waals surface area contributed by atoms with Crippen molar-refractivity contribution in [3.63, 3.8) is 0 Å². The van der Waals surface area contributed by atoms with Gasteiger partial charge in [-0.15, -0.1) is 0 Å². The van der Waals surface area contributed by atoms with Gasteiger partial charge in [0.2, 0.25) is 5.91 Å². The molecule has 2 N–H and O–H groups in total. The summed E-state index contributed by atoms with van der Waals surface area (Å²) >= 11 is 0. The fraction of sp³-hybridized carbons (Fsp3) is 0.917. The first-order chi connectivity index (χ1) is 7.63. The highest BCUT2D eigenvalue weighted by atomic mass is 16.5. The SMILES string of the molecule is CNCC(C)C(=O)NCC1(CCOC)CC1. The summed E-state index contributed by atoms with van der Waals surface area (Å²) in [5.41, 5.74) is 0.338. The molecule has 0 spiro atoms. The van der Waals surface area contributed by atoms with Crippen LogP contribution in [-0.4, -0.2) is 39.8 Å². The Morgan fingerprint density at radius 1 is 1.50 bits per heavy atom. The quantitative estimate of drug-likeness (QED) is 0.645. The third kappa shape index (κ3) is 4.10. The van der Waals surface area contributed by atoms with Crippen LogP contribution in [0.4, 0.5) is 0 Å². The third-order valence-electron chi connectivity index (χ3n) is 3.39. The summed E-state index contributed by atoms with van der Waals surface area (Å²) in [4.78, 5) is 11.7. The summed E-state index contributed by atoms with van der Waals surface area (Å²) in [7, 11) is 3.59. The fourth-order valence-electron chi connectivity index (χ4n) is 1.86. The van der Waals surface area contributed by atoms with Crippen LogP contribution in [0.1, 0.15) is 26.2 Å². The second kappa shape index (κ2) is 6.21. The van der Waals surface area contributed by atoms with Crippen LogP contribution in [0.25, 0.3) is 0 Å². The number of ether oxygens (including phenoxy) is 1. The first-order valence-corrected chi connectivity index (χ1v) is 6.05. The van der Waals surface area contributed by atoms with E-state index in [1.807, 2.05) is 14.0 Å². The second-order valence-electron chi connectivity index (χ2n) is 4.92. The number of hydrogen-bond acceptors (Lipinski definition) is 3. The third-order valence-corrected chi connectivity index (χ3v) is 3.39. The van der Waals surface area contributed by atoms with E-state index in [-0.39, 0.29) is 11.8 Å². The van der Waals surface area contributed by atoms with Gasteiger partial charge in [0.25, 0.3) is 0 Å². The molecule has 1 rings (SSSR count). The average Bonchev–Trinajstić information content (AvgIpc) is 3.04. The Labute approximate surface area is 98.1 Å². The molecule has 0 bridgehead atoms. The molecule has 4 nitrogen and oxygen atoms in total. The smallest absolute Gasteiger partial charge is 0.224 e. The van der Waals surface area contributed by atoms with Crippen LogP contribution in [0.5, 0.6) is 0 Å². The van der Waals surface area contributed by atoms with Gasteiger partial charge in [0.15, 0.2) is 0 Å². The molecule has 1 atom stereocenters. The fourth-order valence-corrected chi connectivity index (χ4v) is 1.86. The van der Waals surface area contributed by atoms with Gasteiger partial charge >= 0.3 is 0 Å². The molecular weight excluding hydrogens is 204 g/mol. The molecular formula is C12H24N2O2. The highest BCUT2D eigenvalue weighted by Crippen LogP contribution is 2.48. The van der Waals surface area contributed by atoms with Gasteiger partial charge in [0.1, 0.15) is 0 Å². The molecule has 1 saturated carbocycles. The van der Waals surface area contributed by atoms with Gasteiger partial charge in [-0.25, -0.2) is 0 Å². The molecule has 0 aliphatic heterocycles. The van der Waals surface area contributed by atoms with Gasteiger partial charge in [0.05, 0.1) is 0 Å². The Hall–Kier alpha value is -0.610. The Balaban J connectivity index is 2.21. The summed E-state index contributed by atoms with van der Waals surface area (Å²) in [5.74, 6) is 0.196. The lowest BCUT2D eigenvalue weighted by molar-refractivity contribution is -0.124. The maximum atomic E-state index is 11.7. The zero-order valence-electron chi connectivity index (χ0n) is 10.6. The van der Waals surface area contributed by atoms with E-state index >= 15 is 0 Å². The number of amides is 1. The lowest BCUT2D eigenvalue weighted by Gasteiger charge is -2.17. The zero-order valence-corrected chi connectivity index (χ0v) is 10.6. The lowest BCUT2D eigenvalue weighted by Crippen LogP contribution is -2.37. The number of hydrogen-bond donors (Lipinski definition) is 2. The second-order valence-corrected chi connectivity index (χ2v) is 4.92. The molecule has 0 radical (unpaired) electrons. The minimum absolute atomic E-state index is 0.0447. The van der Waals surface area contributed by atoms with Crippen molar-refractivity contribution in [2.45, 2.75) is 26.2 Å². The molecule has 1 unspecified atom stereocenters. The van der Waals surface area contributed by atoms with Crippen LogP contribution in [0.15, 0.2) is 0 Å². The Morgan fingerprint density at radius 2 is 2.19 bits per heavy atom. The highest BCUT2D eigenvalue weighted by Gasteiger charge is 2.42. The van der Waals surface area contributed by atoms with Crippen LogP contribution in [0, 0.1) is 11.3 Å². The van der Waals surface area contributed by atoms with Gasteiger partial charge in [-0.3, -0.25) is 4.79 Å². The van der Waals surface area contributed by atoms with E-state index in [1.54, 1.807) is 7.11 Å². The van der Waals surface area contributed by atoms with Crippen LogP contribution >= 0.6 is 0 Å². The van der Waals surface area contributed by atoms with E-state index in [4.69, 9.17) is 4.74 Å². The molecule has 1 aliphatic rings. The van der Waals surface area contributed by atoms with Gasteiger partial charge in [-0.05, 0) is 31.7 Å². The van der Waals surface area contributed by atoms with Crippen LogP contribution < -0.4 is 10.6 Å². The molecule has 0 saturated heterocycles. The summed E-state index contributed by atoms with van der Waals surface area (Å²) in [6, 6.07) is 0. The first kappa shape index (κ1) is 13.5. The molecule has 0 aromatic carbocycles. The predicted molar refractivity (Wildman–Crippen MR) is 64.3 cm³/mol. The molecule has 4 heteroatoms. The molecule has 0 aromatic rings. The normalized spacial score (nSPS) is 19.2. The van der Waals surface area contributed by atoms with Crippen molar-refractivity contribution in [1.82, 2.24) is 10.6 Å². The number of rotatable bonds is 8. The van der Waals surface area contributed by atoms with Crippen LogP contribution in [0.3, 0.4) is 0 Å². The average molecular weight is 228 g/mol. The molecule has 16 heavy (non-hydrogen) atoms. The van der Waals surface area contributed by atoms with Crippen molar-refractivity contribution in [3.05, 3.63) is 0 Å². The Morgan fingerprint density at radius 3 is 2.69 bits per heavy atom. The van der Waals surface area contributed by atoms with Crippen LogP contribution in [0.2, 0.25) is 0 Å². The zero-order chi connectivity index (χ0) is 12.0. The minimum atomic E-state index is 0.0447. The predicted octanol–water partition coefficient (Wildman–Crippen LogP) is 0.775. The van der Waals surface area contributed by atoms with Crippen molar-refractivity contribution in [2.24, 2.45) is 11.3 Å². The van der Waals surface area contributed by atoms with E-state index in [2.05, 4.69) is 10.6 Å². The summed E-state index contributed by atoms with van der Waals surface area (Å²) in [6.45, 7) is 4.28. The number of carbonyl (C=O) groups is 1. The first-order valence-electron chi connectivity index (χ1n) is 6.05. The molecule has 0 aromatic heterocycles. The standard InChI is InChI=1S/C12H24N2O2/c1-10(8-13-2)11(15)14-9-12(4-5-12)6-7-16-3/h10,13H,4-9H2,1-3H3,(H,14,15). The van der Waals surface area contributed by atoms with E-state index in [1.165, 1.54) is 12.8 Å². The van der Waals surface area contributed by atoms with Crippen molar-refractivity contribution in [1.29, 1.82) is 0 Å². The highest BCUT2D eigenvalue weighted by molar-refractivity contribution is 5.78. The summed E-state index contributed by atoms with van der Waals surface area (Å²) in [6.07, 6.45) is 3.50. The van der Waals surface area contributed by atoms with Crippen LogP contribution in [-0.2, 0) is 9.53 Å². The molecule has 0 heterocycles. The maximum absolute atomic E-state index is 11.7. The lowest BCUT2D eigenvalue weighted by atomic mass is 10.0. The van der Waals surface area contributed by atoms with E-state index in [0.29, 0.717) is 5.41 Å².